The van der Waals surface area contributed by atoms with Gasteiger partial charge in [0, 0.05) is 10.9 Å². The number of aliphatic hydroxyl groups is 1. The van der Waals surface area contributed by atoms with Gasteiger partial charge in [-0.15, -0.1) is 0 Å². The Hall–Kier alpha value is -1.40. The molecule has 0 aliphatic rings. The molecule has 0 saturated heterocycles. The second kappa shape index (κ2) is 8.14. The third-order valence-corrected chi connectivity index (χ3v) is 3.43. The van der Waals surface area contributed by atoms with Crippen molar-refractivity contribution >= 4 is 27.8 Å². The van der Waals surface area contributed by atoms with Crippen LogP contribution in [0, 0.1) is 5.92 Å². The van der Waals surface area contributed by atoms with E-state index in [0.29, 0.717) is 6.42 Å². The molecular weight excluding hydrogens is 338 g/mol. The second-order valence-corrected chi connectivity index (χ2v) is 6.29. The fraction of sp³-hybridized carbons (Fsp3) is 0.467. The normalized spacial score (nSPS) is 13.8. The molecule has 0 aromatic heterocycles. The van der Waals surface area contributed by atoms with Crippen molar-refractivity contribution < 1.29 is 19.8 Å². The highest BCUT2D eigenvalue weighted by molar-refractivity contribution is 9.10. The lowest BCUT2D eigenvalue weighted by molar-refractivity contribution is -0.143. The minimum atomic E-state index is -1.19. The minimum absolute atomic E-state index is 0.152. The minimum Gasteiger partial charge on any atom is -0.480 e. The Balaban J connectivity index is 2.70. The molecule has 1 amide bonds. The molecule has 0 aliphatic heterocycles. The van der Waals surface area contributed by atoms with Crippen molar-refractivity contribution in [2.24, 2.45) is 5.92 Å². The van der Waals surface area contributed by atoms with Crippen LogP contribution in [-0.4, -0.2) is 34.2 Å². The van der Waals surface area contributed by atoms with Crippen LogP contribution >= 0.6 is 15.9 Å². The Kier molecular flexibility index (Phi) is 6.84. The molecular formula is C15H20BrNO4. The summed E-state index contributed by atoms with van der Waals surface area (Å²) in [5, 5.41) is 21.3. The first-order chi connectivity index (χ1) is 9.79. The zero-order chi connectivity index (χ0) is 16.0. The van der Waals surface area contributed by atoms with Crippen molar-refractivity contribution in [1.82, 2.24) is 5.32 Å². The molecule has 6 heteroatoms. The predicted octanol–water partition coefficient (Wildman–Crippen LogP) is 1.97. The molecule has 2 atom stereocenters. The summed E-state index contributed by atoms with van der Waals surface area (Å²) < 4.78 is 0.843. The number of benzene rings is 1. The third-order valence-electron chi connectivity index (χ3n) is 2.94. The summed E-state index contributed by atoms with van der Waals surface area (Å²) in [5.41, 5.74) is 0.787. The fourth-order valence-electron chi connectivity index (χ4n) is 1.92. The largest absolute Gasteiger partial charge is 0.480 e. The highest BCUT2D eigenvalue weighted by Crippen LogP contribution is 2.13. The van der Waals surface area contributed by atoms with E-state index in [2.05, 4.69) is 21.2 Å². The summed E-state index contributed by atoms with van der Waals surface area (Å²) in [4.78, 5) is 23.1. The standard InChI is InChI=1S/C15H20BrNO4/c1-9(2)6-13(18)14(19)17-12(15(20)21)8-10-4-3-5-11(16)7-10/h3-5,7,9,12-13,18H,6,8H2,1-2H3,(H,17,19)(H,20,21)/t12-,13+/m0/s1. The Morgan fingerprint density at radius 2 is 2.00 bits per heavy atom. The van der Waals surface area contributed by atoms with E-state index in [9.17, 15) is 19.8 Å². The fourth-order valence-corrected chi connectivity index (χ4v) is 2.37. The number of aliphatic hydroxyl groups excluding tert-OH is 1. The van der Waals surface area contributed by atoms with Crippen molar-refractivity contribution in [3.05, 3.63) is 34.3 Å². The summed E-state index contributed by atoms with van der Waals surface area (Å²) in [6, 6.07) is 6.16. The molecule has 21 heavy (non-hydrogen) atoms. The monoisotopic (exact) mass is 357 g/mol. The number of nitrogens with one attached hydrogen (secondary N) is 1. The zero-order valence-corrected chi connectivity index (χ0v) is 13.6. The van der Waals surface area contributed by atoms with Crippen molar-refractivity contribution in [3.8, 4) is 0 Å². The van der Waals surface area contributed by atoms with Gasteiger partial charge in [0.05, 0.1) is 0 Å². The van der Waals surface area contributed by atoms with Gasteiger partial charge in [-0.1, -0.05) is 41.9 Å². The van der Waals surface area contributed by atoms with Crippen LogP contribution < -0.4 is 5.32 Å². The van der Waals surface area contributed by atoms with Gasteiger partial charge in [-0.05, 0) is 30.0 Å². The van der Waals surface area contributed by atoms with Crippen LogP contribution in [0.5, 0.6) is 0 Å². The molecule has 0 radical (unpaired) electrons. The van der Waals surface area contributed by atoms with E-state index in [0.717, 1.165) is 10.0 Å². The maximum atomic E-state index is 11.8. The SMILES string of the molecule is CC(C)C[C@@H](O)C(=O)N[C@@H](Cc1cccc(Br)c1)C(=O)O. The summed E-state index contributed by atoms with van der Waals surface area (Å²) in [7, 11) is 0. The van der Waals surface area contributed by atoms with Crippen molar-refractivity contribution in [2.75, 3.05) is 0 Å². The Bertz CT molecular complexity index is 504. The molecule has 1 aromatic carbocycles. The van der Waals surface area contributed by atoms with Crippen LogP contribution in [0.3, 0.4) is 0 Å². The summed E-state index contributed by atoms with van der Waals surface area (Å²) >= 11 is 3.32. The maximum Gasteiger partial charge on any atom is 0.326 e. The van der Waals surface area contributed by atoms with Crippen LogP contribution in [0.4, 0.5) is 0 Å². The van der Waals surface area contributed by atoms with Gasteiger partial charge in [0.15, 0.2) is 0 Å². The third kappa shape index (κ3) is 6.27. The summed E-state index contributed by atoms with van der Waals surface area (Å²) in [6.07, 6.45) is -0.724. The first-order valence-electron chi connectivity index (χ1n) is 6.75. The molecule has 0 aliphatic carbocycles. The Morgan fingerprint density at radius 3 is 2.52 bits per heavy atom. The van der Waals surface area contributed by atoms with Crippen LogP contribution in [0.15, 0.2) is 28.7 Å². The average molecular weight is 358 g/mol. The number of carboxylic acids is 1. The number of amides is 1. The highest BCUT2D eigenvalue weighted by atomic mass is 79.9. The van der Waals surface area contributed by atoms with E-state index in [1.165, 1.54) is 0 Å². The first-order valence-corrected chi connectivity index (χ1v) is 7.54. The lowest BCUT2D eigenvalue weighted by Gasteiger charge is -2.18. The second-order valence-electron chi connectivity index (χ2n) is 5.38. The number of carboxylic acid groups (broad SMARTS) is 1. The van der Waals surface area contributed by atoms with Crippen molar-refractivity contribution in [3.63, 3.8) is 0 Å². The van der Waals surface area contributed by atoms with Gasteiger partial charge < -0.3 is 15.5 Å². The van der Waals surface area contributed by atoms with Gasteiger partial charge in [-0.2, -0.15) is 0 Å². The Labute approximate surface area is 132 Å². The number of aliphatic carboxylic acids is 1. The van der Waals surface area contributed by atoms with Crippen molar-refractivity contribution in [2.45, 2.75) is 38.8 Å². The highest BCUT2D eigenvalue weighted by Gasteiger charge is 2.24. The number of halogens is 1. The number of carbonyl (C=O) groups excluding carboxylic acids is 1. The van der Waals surface area contributed by atoms with E-state index in [4.69, 9.17) is 0 Å². The molecule has 0 spiro atoms. The Morgan fingerprint density at radius 1 is 1.33 bits per heavy atom. The van der Waals surface area contributed by atoms with Crippen molar-refractivity contribution in [1.29, 1.82) is 0 Å². The number of hydrogen-bond donors (Lipinski definition) is 3. The van der Waals surface area contributed by atoms with Gasteiger partial charge in [0.1, 0.15) is 12.1 Å². The van der Waals surface area contributed by atoms with Crippen LogP contribution in [0.25, 0.3) is 0 Å². The average Bonchev–Trinajstić information content (AvgIpc) is 2.36. The topological polar surface area (TPSA) is 86.6 Å². The van der Waals surface area contributed by atoms with Crippen LogP contribution in [-0.2, 0) is 16.0 Å². The molecule has 1 aromatic rings. The van der Waals surface area contributed by atoms with E-state index in [-0.39, 0.29) is 12.3 Å². The van der Waals surface area contributed by atoms with Gasteiger partial charge in [-0.25, -0.2) is 4.79 Å². The van der Waals surface area contributed by atoms with Gasteiger partial charge in [0.2, 0.25) is 5.91 Å². The number of carbonyl (C=O) groups is 2. The van der Waals surface area contributed by atoms with E-state index < -0.39 is 24.0 Å². The molecule has 3 N–H and O–H groups in total. The van der Waals surface area contributed by atoms with E-state index in [1.807, 2.05) is 19.9 Å². The first kappa shape index (κ1) is 17.7. The lowest BCUT2D eigenvalue weighted by Crippen LogP contribution is -2.46. The molecule has 0 unspecified atom stereocenters. The molecule has 116 valence electrons. The smallest absolute Gasteiger partial charge is 0.326 e. The number of hydrogen-bond acceptors (Lipinski definition) is 3. The quantitative estimate of drug-likeness (QED) is 0.696. The molecule has 0 saturated carbocycles. The lowest BCUT2D eigenvalue weighted by atomic mass is 10.0. The number of rotatable bonds is 7. The van der Waals surface area contributed by atoms with Crippen LogP contribution in [0.1, 0.15) is 25.8 Å². The molecule has 0 fully saturated rings. The molecule has 0 bridgehead atoms. The zero-order valence-electron chi connectivity index (χ0n) is 12.0. The molecule has 0 heterocycles. The molecule has 5 nitrogen and oxygen atoms in total. The van der Waals surface area contributed by atoms with Gasteiger partial charge in [-0.3, -0.25) is 4.79 Å². The summed E-state index contributed by atoms with van der Waals surface area (Å²) in [6.45, 7) is 3.76. The van der Waals surface area contributed by atoms with Gasteiger partial charge in [0.25, 0.3) is 0 Å². The predicted molar refractivity (Wildman–Crippen MR) is 82.9 cm³/mol. The van der Waals surface area contributed by atoms with E-state index >= 15 is 0 Å². The van der Waals surface area contributed by atoms with Crippen LogP contribution in [0.2, 0.25) is 0 Å². The maximum absolute atomic E-state index is 11.8. The van der Waals surface area contributed by atoms with E-state index in [1.54, 1.807) is 18.2 Å². The van der Waals surface area contributed by atoms with Gasteiger partial charge >= 0.3 is 5.97 Å². The summed E-state index contributed by atoms with van der Waals surface area (Å²) in [5.74, 6) is -1.62. The molecule has 1 rings (SSSR count).